The van der Waals surface area contributed by atoms with E-state index in [1.165, 1.54) is 0 Å². The molecule has 0 heterocycles. The van der Waals surface area contributed by atoms with E-state index in [9.17, 15) is 9.13 Å². The van der Waals surface area contributed by atoms with Gasteiger partial charge in [-0.05, 0) is 0 Å². The minimum atomic E-state index is -0.712. The monoisotopic (exact) mass is 132 g/mol. The predicted octanol–water partition coefficient (Wildman–Crippen LogP) is 0.527. The van der Waals surface area contributed by atoms with Gasteiger partial charge in [0.25, 0.3) is 0 Å². The molecule has 0 bridgehead atoms. The Morgan fingerprint density at radius 2 is 1.60 bits per heavy atom. The lowest BCUT2D eigenvalue weighted by Gasteiger charge is -1.64. The van der Waals surface area contributed by atoms with Gasteiger partial charge in [0, 0.05) is 0 Å². The van der Waals surface area contributed by atoms with E-state index in [2.05, 4.69) is 0 Å². The maximum atomic E-state index is 9.45. The molecule has 2 unspecified atom stereocenters. The SMILES string of the molecule is O=[PH2][SH2][PH2]=O. The van der Waals surface area contributed by atoms with E-state index >= 15 is 0 Å². The highest BCUT2D eigenvalue weighted by Gasteiger charge is 1.54. The van der Waals surface area contributed by atoms with Crippen molar-refractivity contribution in [1.82, 2.24) is 0 Å². The van der Waals surface area contributed by atoms with Gasteiger partial charge in [0.2, 0.25) is 0 Å². The van der Waals surface area contributed by atoms with E-state index in [0.29, 0.717) is 0 Å². The summed E-state index contributed by atoms with van der Waals surface area (Å²) >= 11 is 0.253. The molecule has 5 heavy (non-hydrogen) atoms. The molecule has 0 aromatic rings. The van der Waals surface area contributed by atoms with E-state index in [4.69, 9.17) is 0 Å². The van der Waals surface area contributed by atoms with Gasteiger partial charge in [-0.15, -0.1) is 0 Å². The molecular weight excluding hydrogens is 126 g/mol. The van der Waals surface area contributed by atoms with Crippen molar-refractivity contribution >= 4 is 26.3 Å². The molecule has 0 aliphatic rings. The first-order valence-electron chi connectivity index (χ1n) is 1.05. The highest BCUT2D eigenvalue weighted by molar-refractivity contribution is 8.73. The fraction of sp³-hybridized carbons (Fsp3) is 0. The number of hydrogen-bond donors (Lipinski definition) is 0. The Morgan fingerprint density at radius 3 is 1.60 bits per heavy atom. The van der Waals surface area contributed by atoms with Crippen molar-refractivity contribution in [1.29, 1.82) is 0 Å². The average molecular weight is 132 g/mol. The molecule has 0 aliphatic carbocycles. The lowest BCUT2D eigenvalue weighted by atomic mass is 16.0. The smallest absolute Gasteiger partial charge is 0.100 e. The van der Waals surface area contributed by atoms with Gasteiger partial charge in [-0.3, -0.25) is 0 Å². The highest BCUT2D eigenvalue weighted by atomic mass is 33.0. The second-order valence-electron chi connectivity index (χ2n) is 0.402. The van der Waals surface area contributed by atoms with Gasteiger partial charge in [0.1, 0.15) is 15.3 Å². The van der Waals surface area contributed by atoms with Gasteiger partial charge in [-0.25, -0.2) is 0 Å². The van der Waals surface area contributed by atoms with Crippen LogP contribution in [-0.4, -0.2) is 0 Å². The van der Waals surface area contributed by atoms with Crippen LogP contribution < -0.4 is 0 Å². The third kappa shape index (κ3) is 4.81. The molecule has 0 aliphatic heterocycles. The van der Waals surface area contributed by atoms with E-state index in [1.807, 2.05) is 0 Å². The Hall–Kier alpha value is 0.810. The molecule has 0 saturated carbocycles. The molecule has 0 rings (SSSR count). The zero-order chi connectivity index (χ0) is 4.12. The molecule has 0 fully saturated rings. The van der Waals surface area contributed by atoms with Crippen LogP contribution in [0.3, 0.4) is 0 Å². The van der Waals surface area contributed by atoms with Crippen LogP contribution in [0, 0.1) is 0 Å². The van der Waals surface area contributed by atoms with E-state index < -0.39 is 15.3 Å². The average Bonchev–Trinajstić information content (AvgIpc) is 1.41. The van der Waals surface area contributed by atoms with Gasteiger partial charge in [0.05, 0.1) is 0 Å². The molecule has 0 saturated heterocycles. The fourth-order valence-corrected chi connectivity index (χ4v) is 0.750. The lowest BCUT2D eigenvalue weighted by molar-refractivity contribution is 0.604. The molecule has 5 heteroatoms. The molecular formula is H6O2P2S. The zero-order valence-corrected chi connectivity index (χ0v) is 5.78. The van der Waals surface area contributed by atoms with Crippen molar-refractivity contribution in [2.24, 2.45) is 0 Å². The quantitative estimate of drug-likeness (QED) is 0.513. The van der Waals surface area contributed by atoms with Crippen LogP contribution in [0.4, 0.5) is 0 Å². The van der Waals surface area contributed by atoms with Crippen LogP contribution in [0.25, 0.3) is 0 Å². The highest BCUT2D eigenvalue weighted by Crippen LogP contribution is 2.29. The molecule has 0 amide bonds. The molecule has 0 aromatic heterocycles. The van der Waals surface area contributed by atoms with E-state index in [-0.39, 0.29) is 11.0 Å². The Balaban J connectivity index is 2.65. The second-order valence-corrected chi connectivity index (χ2v) is 6.62. The zero-order valence-electron chi connectivity index (χ0n) is 2.47. The van der Waals surface area contributed by atoms with E-state index in [1.54, 1.807) is 0 Å². The third-order valence-electron chi connectivity index (χ3n) is 0.136. The Labute approximate surface area is 36.2 Å². The maximum absolute atomic E-state index is 9.45. The van der Waals surface area contributed by atoms with Gasteiger partial charge >= 0.3 is 0 Å². The first-order valence-corrected chi connectivity index (χ1v) is 6.61. The van der Waals surface area contributed by atoms with Crippen LogP contribution in [0.2, 0.25) is 0 Å². The maximum Gasteiger partial charge on any atom is 0.100 e. The van der Waals surface area contributed by atoms with Crippen LogP contribution in [0.15, 0.2) is 0 Å². The van der Waals surface area contributed by atoms with Gasteiger partial charge in [-0.1, -0.05) is 0 Å². The summed E-state index contributed by atoms with van der Waals surface area (Å²) in [5.41, 5.74) is 0. The molecule has 0 radical (unpaired) electrons. The summed E-state index contributed by atoms with van der Waals surface area (Å²) in [5.74, 6) is 0. The topological polar surface area (TPSA) is 34.1 Å². The van der Waals surface area contributed by atoms with Crippen molar-refractivity contribution in [2.75, 3.05) is 0 Å². The third-order valence-corrected chi connectivity index (χ3v) is 3.67. The van der Waals surface area contributed by atoms with Crippen LogP contribution >= 0.6 is 26.3 Å². The van der Waals surface area contributed by atoms with Crippen LogP contribution in [-0.2, 0) is 9.13 Å². The summed E-state index contributed by atoms with van der Waals surface area (Å²) in [4.78, 5) is 0. The summed E-state index contributed by atoms with van der Waals surface area (Å²) in [6.45, 7) is 0. The summed E-state index contributed by atoms with van der Waals surface area (Å²) in [5, 5.41) is 0. The Kier molecular flexibility index (Phi) is 5.59. The van der Waals surface area contributed by atoms with Gasteiger partial charge in [0.15, 0.2) is 0 Å². The number of hydrogen-bond acceptors (Lipinski definition) is 2. The van der Waals surface area contributed by atoms with E-state index in [0.717, 1.165) is 0 Å². The largest absolute Gasteiger partial charge is 0.320 e. The molecule has 34 valence electrons. The Morgan fingerprint density at radius 1 is 1.20 bits per heavy atom. The van der Waals surface area contributed by atoms with Gasteiger partial charge < -0.3 is 9.13 Å². The van der Waals surface area contributed by atoms with Crippen molar-refractivity contribution in [3.05, 3.63) is 0 Å². The Bertz CT molecular complexity index is 36.9. The van der Waals surface area contributed by atoms with Crippen molar-refractivity contribution in [3.63, 3.8) is 0 Å². The summed E-state index contributed by atoms with van der Waals surface area (Å²) in [6, 6.07) is 0. The summed E-state index contributed by atoms with van der Waals surface area (Å²) in [7, 11) is -1.42. The molecule has 0 aromatic carbocycles. The van der Waals surface area contributed by atoms with Gasteiger partial charge in [-0.2, -0.15) is 11.0 Å². The predicted molar refractivity (Wildman–Crippen MR) is 31.2 cm³/mol. The van der Waals surface area contributed by atoms with Crippen molar-refractivity contribution in [3.8, 4) is 0 Å². The van der Waals surface area contributed by atoms with Crippen LogP contribution in [0.5, 0.6) is 0 Å². The first kappa shape index (κ1) is 5.81. The first-order chi connectivity index (χ1) is 2.41. The summed E-state index contributed by atoms with van der Waals surface area (Å²) in [6.07, 6.45) is 0. The number of rotatable bonds is 2. The minimum Gasteiger partial charge on any atom is -0.320 e. The molecule has 2 atom stereocenters. The lowest BCUT2D eigenvalue weighted by Crippen LogP contribution is -0.966. The standard InChI is InChI=1S/H6O2P2S/c1-3-5-4-2/h3-5H2. The molecule has 0 spiro atoms. The van der Waals surface area contributed by atoms with Crippen LogP contribution in [0.1, 0.15) is 0 Å². The normalized spacial score (nSPS) is 16.8. The summed E-state index contributed by atoms with van der Waals surface area (Å²) < 4.78 is 18.9. The van der Waals surface area contributed by atoms with Crippen molar-refractivity contribution in [2.45, 2.75) is 0 Å². The second kappa shape index (κ2) is 4.81. The fourth-order valence-electron chi connectivity index (χ4n) is 0.0278. The van der Waals surface area contributed by atoms with Crippen molar-refractivity contribution < 1.29 is 9.13 Å². The molecule has 0 N–H and O–H groups in total. The minimum absolute atomic E-state index is 0.253. The molecule has 2 nitrogen and oxygen atoms in total.